The predicted octanol–water partition coefficient (Wildman–Crippen LogP) is 0.923. The molecule has 0 bridgehead atoms. The van der Waals surface area contributed by atoms with Gasteiger partial charge >= 0.3 is 5.69 Å². The Balaban J connectivity index is 2.05. The number of aromatic nitrogens is 4. The number of nitrogens with one attached hydrogen (secondary N) is 1. The molecule has 0 spiro atoms. The van der Waals surface area contributed by atoms with E-state index in [-0.39, 0.29) is 23.5 Å². The summed E-state index contributed by atoms with van der Waals surface area (Å²) in [5, 5.41) is 0. The second kappa shape index (κ2) is 5.35. The van der Waals surface area contributed by atoms with Gasteiger partial charge in [-0.1, -0.05) is 23.8 Å². The van der Waals surface area contributed by atoms with Gasteiger partial charge < -0.3 is 4.57 Å². The maximum atomic E-state index is 12.5. The van der Waals surface area contributed by atoms with Crippen LogP contribution in [0, 0.1) is 13.8 Å². The Morgan fingerprint density at radius 3 is 2.70 bits per heavy atom. The molecule has 0 unspecified atom stereocenters. The molecule has 7 heteroatoms. The van der Waals surface area contributed by atoms with Gasteiger partial charge in [0, 0.05) is 12.6 Å². The monoisotopic (exact) mass is 312 g/mol. The van der Waals surface area contributed by atoms with Crippen LogP contribution in [-0.2, 0) is 13.6 Å². The largest absolute Gasteiger partial charge is 0.329 e. The van der Waals surface area contributed by atoms with E-state index in [1.165, 1.54) is 22.5 Å². The van der Waals surface area contributed by atoms with Crippen molar-refractivity contribution in [3.8, 4) is 0 Å². The summed E-state index contributed by atoms with van der Waals surface area (Å²) in [5.74, 6) is -0.116. The topological polar surface area (TPSA) is 89.8 Å². The predicted molar refractivity (Wildman–Crippen MR) is 85.8 cm³/mol. The highest BCUT2D eigenvalue weighted by Crippen LogP contribution is 2.13. The highest BCUT2D eigenvalue weighted by molar-refractivity contribution is 5.97. The minimum absolute atomic E-state index is 0.0122. The molecule has 3 rings (SSSR count). The first-order valence-corrected chi connectivity index (χ1v) is 7.13. The van der Waals surface area contributed by atoms with Crippen molar-refractivity contribution in [2.24, 2.45) is 7.05 Å². The summed E-state index contributed by atoms with van der Waals surface area (Å²) in [6.07, 6.45) is 1.40. The molecule has 0 aliphatic carbocycles. The number of imidazole rings is 1. The van der Waals surface area contributed by atoms with E-state index in [0.717, 1.165) is 11.1 Å². The number of nitrogens with zero attached hydrogens (tertiary/aromatic N) is 3. The number of ketones is 1. The van der Waals surface area contributed by atoms with E-state index >= 15 is 0 Å². The van der Waals surface area contributed by atoms with E-state index in [1.807, 2.05) is 26.0 Å². The molecule has 3 aromatic rings. The molecule has 0 aliphatic rings. The van der Waals surface area contributed by atoms with Crippen molar-refractivity contribution in [3.63, 3.8) is 0 Å². The molecule has 0 radical (unpaired) electrons. The Morgan fingerprint density at radius 1 is 1.26 bits per heavy atom. The van der Waals surface area contributed by atoms with Gasteiger partial charge in [-0.15, -0.1) is 0 Å². The minimum atomic E-state index is -0.547. The summed E-state index contributed by atoms with van der Waals surface area (Å²) < 4.78 is 2.71. The Kier molecular flexibility index (Phi) is 3.48. The maximum Gasteiger partial charge on any atom is 0.329 e. The molecular formula is C16H16N4O3. The van der Waals surface area contributed by atoms with Gasteiger partial charge in [0.15, 0.2) is 16.9 Å². The number of Topliss-reactive ketones (excluding diaryl/α,β-unsaturated/α-hetero) is 1. The van der Waals surface area contributed by atoms with Gasteiger partial charge in [0.05, 0.1) is 12.9 Å². The van der Waals surface area contributed by atoms with Gasteiger partial charge in [0.1, 0.15) is 0 Å². The molecule has 0 saturated heterocycles. The summed E-state index contributed by atoms with van der Waals surface area (Å²) >= 11 is 0. The van der Waals surface area contributed by atoms with E-state index in [1.54, 1.807) is 6.07 Å². The van der Waals surface area contributed by atoms with E-state index < -0.39 is 11.2 Å². The van der Waals surface area contributed by atoms with Gasteiger partial charge in [-0.05, 0) is 19.4 Å². The number of carbonyl (C=O) groups excluding carboxylic acids is 1. The van der Waals surface area contributed by atoms with Crippen LogP contribution in [0.4, 0.5) is 0 Å². The van der Waals surface area contributed by atoms with Crippen molar-refractivity contribution in [2.45, 2.75) is 20.4 Å². The van der Waals surface area contributed by atoms with E-state index in [4.69, 9.17) is 0 Å². The number of carbonyl (C=O) groups is 1. The van der Waals surface area contributed by atoms with Crippen LogP contribution in [0.25, 0.3) is 11.2 Å². The number of H-pyrrole nitrogens is 1. The normalized spacial score (nSPS) is 11.1. The smallest absolute Gasteiger partial charge is 0.317 e. The fourth-order valence-corrected chi connectivity index (χ4v) is 2.67. The average Bonchev–Trinajstić information content (AvgIpc) is 2.89. The third-order valence-corrected chi connectivity index (χ3v) is 3.87. The first-order chi connectivity index (χ1) is 10.9. The first kappa shape index (κ1) is 15.0. The molecule has 0 saturated carbocycles. The van der Waals surface area contributed by atoms with Gasteiger partial charge in [0.25, 0.3) is 5.56 Å². The molecule has 0 aliphatic heterocycles. The van der Waals surface area contributed by atoms with E-state index in [9.17, 15) is 14.4 Å². The maximum absolute atomic E-state index is 12.5. The van der Waals surface area contributed by atoms with Crippen molar-refractivity contribution in [2.75, 3.05) is 0 Å². The molecule has 2 heterocycles. The lowest BCUT2D eigenvalue weighted by atomic mass is 10.0. The Labute approximate surface area is 131 Å². The van der Waals surface area contributed by atoms with Gasteiger partial charge in [-0.3, -0.25) is 19.1 Å². The fourth-order valence-electron chi connectivity index (χ4n) is 2.67. The quantitative estimate of drug-likeness (QED) is 0.728. The molecule has 1 N–H and O–H groups in total. The minimum Gasteiger partial charge on any atom is -0.317 e. The Bertz CT molecular complexity index is 1040. The SMILES string of the molecule is Cc1ccc(C(=O)Cn2cnc3c2c(=O)[nH]c(=O)n3C)c(C)c1. The van der Waals surface area contributed by atoms with Crippen molar-refractivity contribution >= 4 is 16.9 Å². The number of hydrogen-bond acceptors (Lipinski definition) is 4. The third-order valence-electron chi connectivity index (χ3n) is 3.87. The van der Waals surface area contributed by atoms with Gasteiger partial charge in [-0.25, -0.2) is 9.78 Å². The van der Waals surface area contributed by atoms with Crippen molar-refractivity contribution in [3.05, 3.63) is 62.1 Å². The average molecular weight is 312 g/mol. The molecule has 0 amide bonds. The second-order valence-electron chi connectivity index (χ2n) is 5.60. The summed E-state index contributed by atoms with van der Waals surface area (Å²) in [6, 6.07) is 5.60. The third kappa shape index (κ3) is 2.50. The van der Waals surface area contributed by atoms with Crippen LogP contribution in [0.15, 0.2) is 34.1 Å². The molecule has 1 aromatic carbocycles. The van der Waals surface area contributed by atoms with Crippen LogP contribution in [0.1, 0.15) is 21.5 Å². The molecule has 0 fully saturated rings. The zero-order chi connectivity index (χ0) is 16.7. The summed E-state index contributed by atoms with van der Waals surface area (Å²) in [7, 11) is 1.52. The highest BCUT2D eigenvalue weighted by atomic mass is 16.2. The summed E-state index contributed by atoms with van der Waals surface area (Å²) in [4.78, 5) is 42.4. The molecule has 23 heavy (non-hydrogen) atoms. The number of fused-ring (bicyclic) bond motifs is 1. The fraction of sp³-hybridized carbons (Fsp3) is 0.250. The van der Waals surface area contributed by atoms with Crippen molar-refractivity contribution in [1.82, 2.24) is 19.1 Å². The molecule has 2 aromatic heterocycles. The Hall–Kier alpha value is -2.96. The number of rotatable bonds is 3. The van der Waals surface area contributed by atoms with E-state index in [2.05, 4.69) is 9.97 Å². The number of hydrogen-bond donors (Lipinski definition) is 1. The zero-order valence-corrected chi connectivity index (χ0v) is 13.1. The van der Waals surface area contributed by atoms with Crippen LogP contribution in [0.3, 0.4) is 0 Å². The summed E-state index contributed by atoms with van der Waals surface area (Å²) in [6.45, 7) is 3.83. The zero-order valence-electron chi connectivity index (χ0n) is 13.1. The van der Waals surface area contributed by atoms with Crippen LogP contribution in [-0.4, -0.2) is 24.9 Å². The van der Waals surface area contributed by atoms with Crippen LogP contribution >= 0.6 is 0 Å². The first-order valence-electron chi connectivity index (χ1n) is 7.13. The lowest BCUT2D eigenvalue weighted by Crippen LogP contribution is -2.29. The summed E-state index contributed by atoms with van der Waals surface area (Å²) in [5.41, 5.74) is 1.97. The van der Waals surface area contributed by atoms with Gasteiger partial charge in [0.2, 0.25) is 0 Å². The number of benzene rings is 1. The molecule has 7 nitrogen and oxygen atoms in total. The second-order valence-corrected chi connectivity index (χ2v) is 5.60. The molecule has 118 valence electrons. The van der Waals surface area contributed by atoms with Crippen molar-refractivity contribution < 1.29 is 4.79 Å². The van der Waals surface area contributed by atoms with Crippen LogP contribution in [0.5, 0.6) is 0 Å². The molecular weight excluding hydrogens is 296 g/mol. The van der Waals surface area contributed by atoms with Crippen LogP contribution in [0.2, 0.25) is 0 Å². The standard InChI is InChI=1S/C16H16N4O3/c1-9-4-5-11(10(2)6-9)12(21)7-20-8-17-14-13(20)15(22)18-16(23)19(14)3/h4-6,8H,7H2,1-3H3,(H,18,22,23). The van der Waals surface area contributed by atoms with Crippen molar-refractivity contribution in [1.29, 1.82) is 0 Å². The lowest BCUT2D eigenvalue weighted by Gasteiger charge is -2.07. The lowest BCUT2D eigenvalue weighted by molar-refractivity contribution is 0.0972. The number of aromatic amines is 1. The Morgan fingerprint density at radius 2 is 2.00 bits per heavy atom. The number of aryl methyl sites for hydroxylation is 3. The van der Waals surface area contributed by atoms with E-state index in [0.29, 0.717) is 5.56 Å². The molecule has 0 atom stereocenters. The van der Waals surface area contributed by atoms with Gasteiger partial charge in [-0.2, -0.15) is 0 Å². The van der Waals surface area contributed by atoms with Crippen LogP contribution < -0.4 is 11.2 Å². The highest BCUT2D eigenvalue weighted by Gasteiger charge is 2.15.